The molecular weight excluding hydrogens is 368 g/mol. The van der Waals surface area contributed by atoms with Crippen LogP contribution in [-0.2, 0) is 4.79 Å². The molecule has 3 heterocycles. The summed E-state index contributed by atoms with van der Waals surface area (Å²) in [7, 11) is 5.73. The molecule has 3 amide bonds. The van der Waals surface area contributed by atoms with Gasteiger partial charge in [-0.05, 0) is 37.1 Å². The van der Waals surface area contributed by atoms with Gasteiger partial charge < -0.3 is 14.7 Å². The van der Waals surface area contributed by atoms with Gasteiger partial charge in [0.25, 0.3) is 5.91 Å². The van der Waals surface area contributed by atoms with Crippen LogP contribution < -0.4 is 9.80 Å². The summed E-state index contributed by atoms with van der Waals surface area (Å²) in [6, 6.07) is 7.40. The van der Waals surface area contributed by atoms with Crippen LogP contribution in [0, 0.1) is 5.92 Å². The van der Waals surface area contributed by atoms with E-state index in [1.54, 1.807) is 11.9 Å². The number of guanidine groups is 1. The number of anilines is 2. The molecule has 3 aliphatic heterocycles. The summed E-state index contributed by atoms with van der Waals surface area (Å²) in [6.07, 6.45) is 1.44. The minimum atomic E-state index is -0.521. The topological polar surface area (TPSA) is 62.7 Å². The van der Waals surface area contributed by atoms with Crippen LogP contribution in [0.2, 0.25) is 0 Å². The minimum Gasteiger partial charge on any atom is -0.378 e. The summed E-state index contributed by atoms with van der Waals surface area (Å²) >= 11 is 0. The van der Waals surface area contributed by atoms with Gasteiger partial charge in [0.05, 0.1) is 0 Å². The molecule has 29 heavy (non-hydrogen) atoms. The Balaban J connectivity index is 1.67. The summed E-state index contributed by atoms with van der Waals surface area (Å²) in [5, 5.41) is 0. The highest BCUT2D eigenvalue weighted by molar-refractivity contribution is 6.09. The number of hydrogen-bond acceptors (Lipinski definition) is 6. The number of nitrogens with zero attached hydrogens (tertiary/aromatic N) is 6. The van der Waals surface area contributed by atoms with Gasteiger partial charge >= 0.3 is 6.03 Å². The van der Waals surface area contributed by atoms with Crippen molar-refractivity contribution in [1.82, 2.24) is 14.7 Å². The fourth-order valence-corrected chi connectivity index (χ4v) is 4.11. The highest BCUT2D eigenvalue weighted by Crippen LogP contribution is 2.37. The summed E-state index contributed by atoms with van der Waals surface area (Å²) in [6.45, 7) is 6.42. The van der Waals surface area contributed by atoms with E-state index in [9.17, 15) is 9.59 Å². The molecule has 0 spiro atoms. The number of allylic oxidation sites excluding steroid dienone is 1. The molecule has 0 saturated carbocycles. The fraction of sp³-hybridized carbons (Fsp3) is 0.476. The van der Waals surface area contributed by atoms with E-state index in [4.69, 9.17) is 4.99 Å². The van der Waals surface area contributed by atoms with Gasteiger partial charge in [0, 0.05) is 51.0 Å². The van der Waals surface area contributed by atoms with Crippen molar-refractivity contribution in [2.75, 3.05) is 37.5 Å². The van der Waals surface area contributed by atoms with Gasteiger partial charge in [-0.2, -0.15) is 0 Å². The molecule has 8 nitrogen and oxygen atoms in total. The first-order chi connectivity index (χ1) is 13.7. The van der Waals surface area contributed by atoms with Crippen molar-refractivity contribution < 1.29 is 9.59 Å². The summed E-state index contributed by atoms with van der Waals surface area (Å²) in [4.78, 5) is 39.7. The Morgan fingerprint density at radius 2 is 1.79 bits per heavy atom. The highest BCUT2D eigenvalue weighted by atomic mass is 16.2. The van der Waals surface area contributed by atoms with Gasteiger partial charge in [-0.1, -0.05) is 13.8 Å². The number of likely N-dealkylation sites (N-methyl/N-ethyl adjacent to an activating group) is 1. The molecular formula is C21H28N6O2. The van der Waals surface area contributed by atoms with Crippen LogP contribution in [0.5, 0.6) is 0 Å². The van der Waals surface area contributed by atoms with Crippen molar-refractivity contribution in [2.24, 2.45) is 10.9 Å². The number of amides is 3. The Morgan fingerprint density at radius 1 is 1.14 bits per heavy atom. The predicted octanol–water partition coefficient (Wildman–Crippen LogP) is 2.35. The molecule has 0 aromatic heterocycles. The van der Waals surface area contributed by atoms with E-state index in [0.29, 0.717) is 12.5 Å². The van der Waals surface area contributed by atoms with Gasteiger partial charge in [-0.15, -0.1) is 0 Å². The number of urea groups is 1. The van der Waals surface area contributed by atoms with Crippen LogP contribution in [0.15, 0.2) is 41.2 Å². The molecule has 1 aromatic rings. The fourth-order valence-electron chi connectivity index (χ4n) is 4.11. The number of imide groups is 1. The Bertz CT molecular complexity index is 904. The second kappa shape index (κ2) is 6.79. The number of carbonyl (C=O) groups excluding carboxylic acids is 2. The first kappa shape index (κ1) is 19.3. The molecule has 1 aromatic carbocycles. The van der Waals surface area contributed by atoms with Gasteiger partial charge in [0.2, 0.25) is 5.96 Å². The summed E-state index contributed by atoms with van der Waals surface area (Å²) < 4.78 is 0. The second-order valence-corrected chi connectivity index (χ2v) is 8.45. The van der Waals surface area contributed by atoms with E-state index in [-0.39, 0.29) is 17.9 Å². The monoisotopic (exact) mass is 396 g/mol. The van der Waals surface area contributed by atoms with Crippen LogP contribution in [0.25, 0.3) is 0 Å². The normalized spacial score (nSPS) is 23.6. The molecule has 3 aliphatic rings. The molecule has 2 atom stereocenters. The third-order valence-electron chi connectivity index (χ3n) is 5.56. The lowest BCUT2D eigenvalue weighted by Gasteiger charge is -2.40. The van der Waals surface area contributed by atoms with Crippen LogP contribution in [0.4, 0.5) is 16.2 Å². The molecule has 0 N–H and O–H groups in total. The van der Waals surface area contributed by atoms with Crippen LogP contribution in [0.1, 0.15) is 20.8 Å². The third kappa shape index (κ3) is 2.94. The number of fused-ring (bicyclic) bond motifs is 3. The van der Waals surface area contributed by atoms with E-state index in [2.05, 4.69) is 12.1 Å². The lowest BCUT2D eigenvalue weighted by atomic mass is 10.1. The second-order valence-electron chi connectivity index (χ2n) is 8.45. The molecule has 1 saturated heterocycles. The Morgan fingerprint density at radius 3 is 2.38 bits per heavy atom. The molecule has 1 fully saturated rings. The maximum absolute atomic E-state index is 13.2. The van der Waals surface area contributed by atoms with E-state index in [1.807, 2.05) is 67.9 Å². The minimum absolute atomic E-state index is 0.181. The zero-order valence-corrected chi connectivity index (χ0v) is 17.8. The maximum Gasteiger partial charge on any atom is 0.328 e. The van der Waals surface area contributed by atoms with Crippen molar-refractivity contribution in [3.63, 3.8) is 0 Å². The molecule has 8 heteroatoms. The summed E-state index contributed by atoms with van der Waals surface area (Å²) in [5.41, 5.74) is 3.07. The van der Waals surface area contributed by atoms with Crippen LogP contribution in [0.3, 0.4) is 0 Å². The molecule has 154 valence electrons. The first-order valence-corrected chi connectivity index (χ1v) is 9.91. The van der Waals surface area contributed by atoms with E-state index in [0.717, 1.165) is 17.1 Å². The van der Waals surface area contributed by atoms with Crippen molar-refractivity contribution >= 4 is 29.3 Å². The lowest BCUT2D eigenvalue weighted by Crippen LogP contribution is -2.64. The largest absolute Gasteiger partial charge is 0.378 e. The average molecular weight is 396 g/mol. The Hall–Kier alpha value is -3.03. The van der Waals surface area contributed by atoms with E-state index in [1.165, 1.54) is 4.90 Å². The highest BCUT2D eigenvalue weighted by Gasteiger charge is 2.54. The first-order valence-electron chi connectivity index (χ1n) is 9.91. The number of rotatable bonds is 4. The van der Waals surface area contributed by atoms with Crippen molar-refractivity contribution in [3.8, 4) is 0 Å². The van der Waals surface area contributed by atoms with E-state index < -0.39 is 12.2 Å². The van der Waals surface area contributed by atoms with Crippen molar-refractivity contribution in [2.45, 2.75) is 33.0 Å². The zero-order chi connectivity index (χ0) is 21.0. The number of carbonyl (C=O) groups is 2. The van der Waals surface area contributed by atoms with E-state index >= 15 is 0 Å². The number of benzene rings is 1. The quantitative estimate of drug-likeness (QED) is 0.782. The van der Waals surface area contributed by atoms with Gasteiger partial charge in [-0.25, -0.2) is 9.79 Å². The predicted molar refractivity (Wildman–Crippen MR) is 114 cm³/mol. The molecule has 0 aliphatic carbocycles. The Labute approximate surface area is 171 Å². The van der Waals surface area contributed by atoms with Gasteiger partial charge in [0.1, 0.15) is 0 Å². The van der Waals surface area contributed by atoms with Gasteiger partial charge in [-0.3, -0.25) is 14.6 Å². The molecule has 4 rings (SSSR count). The lowest BCUT2D eigenvalue weighted by molar-refractivity contribution is -0.137. The number of hydrogen-bond donors (Lipinski definition) is 0. The third-order valence-corrected chi connectivity index (χ3v) is 5.56. The molecule has 2 unspecified atom stereocenters. The maximum atomic E-state index is 13.2. The average Bonchev–Trinajstić information content (AvgIpc) is 3.18. The zero-order valence-electron chi connectivity index (χ0n) is 17.8. The van der Waals surface area contributed by atoms with Crippen molar-refractivity contribution in [1.29, 1.82) is 0 Å². The molecule has 0 radical (unpaired) electrons. The number of aliphatic imine (C=N–C) groups is 1. The van der Waals surface area contributed by atoms with Crippen LogP contribution >= 0.6 is 0 Å². The van der Waals surface area contributed by atoms with Crippen LogP contribution in [-0.4, -0.2) is 72.5 Å². The molecule has 0 bridgehead atoms. The van der Waals surface area contributed by atoms with Gasteiger partial charge in [0.15, 0.2) is 12.2 Å². The standard InChI is InChI=1S/C21H28N6O2/c1-13(2)11-26-19(28)17-18(24(6)21(26)29)22-20-25(17)12-14(3)27(20)16-9-7-15(8-10-16)23(4)5/h7-10,12-13,17-18H,11H2,1-6H3. The smallest absolute Gasteiger partial charge is 0.328 e. The SMILES string of the molecule is CC1=CN2C(=NC3C2C(=O)N(CC(C)C)C(=O)N3C)N1c1ccc(N(C)C)cc1. The Kier molecular flexibility index (Phi) is 4.52. The summed E-state index contributed by atoms with van der Waals surface area (Å²) in [5.74, 6) is 0.714. The van der Waals surface area contributed by atoms with Crippen molar-refractivity contribution in [3.05, 3.63) is 36.2 Å².